The van der Waals surface area contributed by atoms with Gasteiger partial charge in [-0.15, -0.1) is 0 Å². The fourth-order valence-corrected chi connectivity index (χ4v) is 1.67. The van der Waals surface area contributed by atoms with Crippen molar-refractivity contribution in [2.75, 3.05) is 0 Å². The van der Waals surface area contributed by atoms with Gasteiger partial charge in [-0.25, -0.2) is 0 Å². The quantitative estimate of drug-likeness (QED) is 0.837. The van der Waals surface area contributed by atoms with Crippen molar-refractivity contribution in [1.82, 2.24) is 0 Å². The van der Waals surface area contributed by atoms with Gasteiger partial charge in [0, 0.05) is 16.1 Å². The second-order valence-corrected chi connectivity index (χ2v) is 4.35. The molecule has 0 fully saturated rings. The number of halogens is 2. The number of rotatable bonds is 2. The van der Waals surface area contributed by atoms with Crippen molar-refractivity contribution in [2.24, 2.45) is 0 Å². The minimum Gasteiger partial charge on any atom is -0.506 e. The molecule has 1 N–H and O–H groups in total. The molecule has 2 aromatic rings. The first-order chi connectivity index (χ1) is 8.08. The third-order valence-electron chi connectivity index (χ3n) is 2.31. The van der Waals surface area contributed by atoms with Gasteiger partial charge in [-0.2, -0.15) is 0 Å². The van der Waals surface area contributed by atoms with Crippen LogP contribution >= 0.6 is 23.2 Å². The van der Waals surface area contributed by atoms with E-state index in [4.69, 9.17) is 23.2 Å². The third-order valence-corrected chi connectivity index (χ3v) is 2.89. The summed E-state index contributed by atoms with van der Waals surface area (Å²) >= 11 is 11.4. The van der Waals surface area contributed by atoms with E-state index in [-0.39, 0.29) is 16.6 Å². The number of benzene rings is 2. The lowest BCUT2D eigenvalue weighted by Crippen LogP contribution is -2.00. The first-order valence-electron chi connectivity index (χ1n) is 4.87. The Balaban J connectivity index is 2.37. The van der Waals surface area contributed by atoms with Crippen LogP contribution in [0.5, 0.6) is 5.75 Å². The average molecular weight is 267 g/mol. The highest BCUT2D eigenvalue weighted by molar-refractivity contribution is 6.32. The molecule has 0 bridgehead atoms. The molecule has 2 nitrogen and oxygen atoms in total. The van der Waals surface area contributed by atoms with Crippen molar-refractivity contribution >= 4 is 29.0 Å². The smallest absolute Gasteiger partial charge is 0.193 e. The van der Waals surface area contributed by atoms with Crippen LogP contribution in [-0.2, 0) is 0 Å². The highest BCUT2D eigenvalue weighted by Gasteiger charge is 2.10. The first-order valence-corrected chi connectivity index (χ1v) is 5.62. The molecular weight excluding hydrogens is 259 g/mol. The Morgan fingerprint density at radius 3 is 2.12 bits per heavy atom. The molecule has 86 valence electrons. The molecular formula is C13H8Cl2O2. The van der Waals surface area contributed by atoms with Gasteiger partial charge in [0.2, 0.25) is 0 Å². The second kappa shape index (κ2) is 4.78. The van der Waals surface area contributed by atoms with Gasteiger partial charge in [-0.1, -0.05) is 23.2 Å². The van der Waals surface area contributed by atoms with Gasteiger partial charge in [0.25, 0.3) is 0 Å². The number of hydrogen-bond donors (Lipinski definition) is 1. The van der Waals surface area contributed by atoms with Gasteiger partial charge in [-0.3, -0.25) is 4.79 Å². The van der Waals surface area contributed by atoms with Crippen molar-refractivity contribution in [1.29, 1.82) is 0 Å². The lowest BCUT2D eigenvalue weighted by Gasteiger charge is -2.03. The van der Waals surface area contributed by atoms with Crippen LogP contribution in [0.1, 0.15) is 15.9 Å². The third kappa shape index (κ3) is 2.60. The number of phenols is 1. The van der Waals surface area contributed by atoms with Crippen molar-refractivity contribution in [2.45, 2.75) is 0 Å². The van der Waals surface area contributed by atoms with Crippen molar-refractivity contribution in [3.63, 3.8) is 0 Å². The Kier molecular flexibility index (Phi) is 3.36. The molecule has 4 heteroatoms. The molecule has 0 saturated heterocycles. The van der Waals surface area contributed by atoms with Gasteiger partial charge in [-0.05, 0) is 42.5 Å². The number of phenolic OH excluding ortho intramolecular Hbond substituents is 1. The SMILES string of the molecule is O=C(c1ccc(Cl)cc1)c1ccc(Cl)c(O)c1. The maximum absolute atomic E-state index is 12.0. The van der Waals surface area contributed by atoms with Crippen LogP contribution in [0.4, 0.5) is 0 Å². The predicted molar refractivity (Wildman–Crippen MR) is 68.0 cm³/mol. The van der Waals surface area contributed by atoms with E-state index in [1.807, 2.05) is 0 Å². The monoisotopic (exact) mass is 266 g/mol. The highest BCUT2D eigenvalue weighted by atomic mass is 35.5. The Morgan fingerprint density at radius 2 is 1.53 bits per heavy atom. The standard InChI is InChI=1S/C13H8Cl2O2/c14-10-4-1-8(2-5-10)13(17)9-3-6-11(15)12(16)7-9/h1-7,16H. The summed E-state index contributed by atoms with van der Waals surface area (Å²) in [7, 11) is 0. The molecule has 0 spiro atoms. The molecule has 0 unspecified atom stereocenters. The fraction of sp³-hybridized carbons (Fsp3) is 0. The fourth-order valence-electron chi connectivity index (χ4n) is 1.42. The molecule has 0 aromatic heterocycles. The van der Waals surface area contributed by atoms with Crippen molar-refractivity contribution < 1.29 is 9.90 Å². The molecule has 0 aliphatic carbocycles. The molecule has 0 heterocycles. The first kappa shape index (κ1) is 12.0. The molecule has 0 aliphatic heterocycles. The summed E-state index contributed by atoms with van der Waals surface area (Å²) < 4.78 is 0. The molecule has 0 atom stereocenters. The van der Waals surface area contributed by atoms with Crippen molar-refractivity contribution in [3.8, 4) is 5.75 Å². The van der Waals surface area contributed by atoms with E-state index >= 15 is 0 Å². The highest BCUT2D eigenvalue weighted by Crippen LogP contribution is 2.25. The van der Waals surface area contributed by atoms with E-state index in [0.29, 0.717) is 16.1 Å². The maximum atomic E-state index is 12.0. The van der Waals surface area contributed by atoms with E-state index in [0.717, 1.165) is 0 Å². The van der Waals surface area contributed by atoms with Crippen LogP contribution in [-0.4, -0.2) is 10.9 Å². The number of ketones is 1. The Labute approximate surface area is 108 Å². The molecule has 0 amide bonds. The molecule has 2 rings (SSSR count). The summed E-state index contributed by atoms with van der Waals surface area (Å²) in [6.45, 7) is 0. The van der Waals surface area contributed by atoms with E-state index in [2.05, 4.69) is 0 Å². The lowest BCUT2D eigenvalue weighted by molar-refractivity contribution is 0.103. The zero-order chi connectivity index (χ0) is 12.4. The van der Waals surface area contributed by atoms with Gasteiger partial charge >= 0.3 is 0 Å². The molecule has 0 radical (unpaired) electrons. The Morgan fingerprint density at radius 1 is 0.941 bits per heavy atom. The number of carbonyl (C=O) groups excluding carboxylic acids is 1. The predicted octanol–water partition coefficient (Wildman–Crippen LogP) is 3.93. The topological polar surface area (TPSA) is 37.3 Å². The number of carbonyl (C=O) groups is 1. The van der Waals surface area contributed by atoms with Crippen LogP contribution < -0.4 is 0 Å². The lowest BCUT2D eigenvalue weighted by atomic mass is 10.0. The van der Waals surface area contributed by atoms with Gasteiger partial charge < -0.3 is 5.11 Å². The summed E-state index contributed by atoms with van der Waals surface area (Å²) in [6, 6.07) is 11.0. The number of hydrogen-bond acceptors (Lipinski definition) is 2. The maximum Gasteiger partial charge on any atom is 0.193 e. The van der Waals surface area contributed by atoms with E-state index in [9.17, 15) is 9.90 Å². The van der Waals surface area contributed by atoms with E-state index < -0.39 is 0 Å². The molecule has 0 aliphatic rings. The summed E-state index contributed by atoms with van der Waals surface area (Å²) in [6.07, 6.45) is 0. The zero-order valence-electron chi connectivity index (χ0n) is 8.65. The van der Waals surface area contributed by atoms with E-state index in [1.54, 1.807) is 30.3 Å². The van der Waals surface area contributed by atoms with Crippen LogP contribution in [0.2, 0.25) is 10.0 Å². The number of aromatic hydroxyl groups is 1. The van der Waals surface area contributed by atoms with Gasteiger partial charge in [0.1, 0.15) is 5.75 Å². The summed E-state index contributed by atoms with van der Waals surface area (Å²) in [5.74, 6) is -0.292. The average Bonchev–Trinajstić information content (AvgIpc) is 2.33. The van der Waals surface area contributed by atoms with Gasteiger partial charge in [0.15, 0.2) is 5.78 Å². The Hall–Kier alpha value is -1.51. The molecule has 17 heavy (non-hydrogen) atoms. The minimum atomic E-state index is -0.186. The summed E-state index contributed by atoms with van der Waals surface area (Å²) in [4.78, 5) is 12.0. The van der Waals surface area contributed by atoms with Crippen LogP contribution in [0.3, 0.4) is 0 Å². The summed E-state index contributed by atoms with van der Waals surface area (Å²) in [5, 5.41) is 10.2. The van der Waals surface area contributed by atoms with Crippen molar-refractivity contribution in [3.05, 3.63) is 63.6 Å². The summed E-state index contributed by atoms with van der Waals surface area (Å²) in [5.41, 5.74) is 0.894. The normalized spacial score (nSPS) is 10.2. The van der Waals surface area contributed by atoms with Crippen LogP contribution in [0, 0.1) is 0 Å². The minimum absolute atomic E-state index is 0.105. The molecule has 2 aromatic carbocycles. The van der Waals surface area contributed by atoms with Crippen LogP contribution in [0.15, 0.2) is 42.5 Å². The largest absolute Gasteiger partial charge is 0.506 e. The molecule has 0 saturated carbocycles. The second-order valence-electron chi connectivity index (χ2n) is 3.50. The van der Waals surface area contributed by atoms with Crippen LogP contribution in [0.25, 0.3) is 0 Å². The van der Waals surface area contributed by atoms with Gasteiger partial charge in [0.05, 0.1) is 5.02 Å². The Bertz CT molecular complexity index is 562. The van der Waals surface area contributed by atoms with E-state index in [1.165, 1.54) is 12.1 Å². The zero-order valence-corrected chi connectivity index (χ0v) is 10.2.